The Morgan fingerprint density at radius 2 is 2.00 bits per heavy atom. The summed E-state index contributed by atoms with van der Waals surface area (Å²) in [7, 11) is 0. The highest BCUT2D eigenvalue weighted by molar-refractivity contribution is 7.83. The lowest BCUT2D eigenvalue weighted by atomic mass is 10.1. The predicted molar refractivity (Wildman–Crippen MR) is 72.5 cm³/mol. The van der Waals surface area contributed by atoms with Gasteiger partial charge in [-0.1, -0.05) is 37.6 Å². The Balaban J connectivity index is 2.10. The van der Waals surface area contributed by atoms with Gasteiger partial charge in [0.1, 0.15) is 0 Å². The summed E-state index contributed by atoms with van der Waals surface area (Å²) in [6, 6.07) is 8.70. The van der Waals surface area contributed by atoms with Crippen LogP contribution < -0.4 is 0 Å². The Morgan fingerprint density at radius 1 is 1.31 bits per heavy atom. The summed E-state index contributed by atoms with van der Waals surface area (Å²) < 4.78 is 1.88. The first-order chi connectivity index (χ1) is 7.83. The predicted octanol–water partition coefficient (Wildman–Crippen LogP) is 3.79. The maximum Gasteiger partial charge on any atom is 0.0800 e. The molecule has 0 unspecified atom stereocenters. The number of benzene rings is 1. The SMILES string of the molecule is CCCc1ccc(-c2cn(/C=C\S)[nH]2)cc1. The van der Waals surface area contributed by atoms with Crippen LogP contribution >= 0.6 is 12.6 Å². The second-order valence-electron chi connectivity index (χ2n) is 3.81. The lowest BCUT2D eigenvalue weighted by Crippen LogP contribution is -2.03. The van der Waals surface area contributed by atoms with Gasteiger partial charge in [0.15, 0.2) is 0 Å². The molecule has 2 aromatic rings. The highest BCUT2D eigenvalue weighted by atomic mass is 32.1. The zero-order valence-electron chi connectivity index (χ0n) is 9.35. The molecule has 0 spiro atoms. The molecule has 0 aliphatic carbocycles. The van der Waals surface area contributed by atoms with Crippen molar-refractivity contribution in [1.82, 2.24) is 9.78 Å². The molecule has 0 bridgehead atoms. The molecular formula is C13H16N2S. The van der Waals surface area contributed by atoms with E-state index < -0.39 is 0 Å². The molecule has 2 rings (SSSR count). The van der Waals surface area contributed by atoms with Gasteiger partial charge in [0.2, 0.25) is 0 Å². The van der Waals surface area contributed by atoms with Gasteiger partial charge in [-0.2, -0.15) is 0 Å². The quantitative estimate of drug-likeness (QED) is 0.748. The summed E-state index contributed by atoms with van der Waals surface area (Å²) in [4.78, 5) is 0. The van der Waals surface area contributed by atoms with Crippen LogP contribution in [0.15, 0.2) is 35.9 Å². The van der Waals surface area contributed by atoms with Crippen molar-refractivity contribution in [1.29, 1.82) is 0 Å². The third-order valence-electron chi connectivity index (χ3n) is 2.55. The van der Waals surface area contributed by atoms with Gasteiger partial charge in [-0.05, 0) is 17.4 Å². The maximum absolute atomic E-state index is 4.01. The summed E-state index contributed by atoms with van der Waals surface area (Å²) in [5, 5.41) is 4.91. The van der Waals surface area contributed by atoms with E-state index in [0.717, 1.165) is 12.1 Å². The maximum atomic E-state index is 4.01. The number of nitrogens with one attached hydrogen (secondary N) is 1. The lowest BCUT2D eigenvalue weighted by Gasteiger charge is -2.12. The van der Waals surface area contributed by atoms with Crippen molar-refractivity contribution in [2.75, 3.05) is 0 Å². The number of hydrogen-bond donors (Lipinski definition) is 2. The number of aromatic amines is 1. The van der Waals surface area contributed by atoms with Crippen molar-refractivity contribution in [3.8, 4) is 11.3 Å². The molecule has 1 heterocycles. The van der Waals surface area contributed by atoms with Gasteiger partial charge < -0.3 is 0 Å². The lowest BCUT2D eigenvalue weighted by molar-refractivity contribution is 0.841. The Bertz CT molecular complexity index is 450. The fourth-order valence-corrected chi connectivity index (χ4v) is 1.85. The largest absolute Gasteiger partial charge is 0.293 e. The molecule has 84 valence electrons. The van der Waals surface area contributed by atoms with Gasteiger partial charge in [-0.25, -0.2) is 0 Å². The fraction of sp³-hybridized carbons (Fsp3) is 0.231. The minimum absolute atomic E-state index is 1.15. The molecule has 1 N–H and O–H groups in total. The van der Waals surface area contributed by atoms with Crippen molar-refractivity contribution in [3.63, 3.8) is 0 Å². The Labute approximate surface area is 101 Å². The van der Waals surface area contributed by atoms with Crippen LogP contribution in [0.1, 0.15) is 18.9 Å². The van der Waals surface area contributed by atoms with Gasteiger partial charge in [-0.3, -0.25) is 9.78 Å². The molecule has 2 nitrogen and oxygen atoms in total. The smallest absolute Gasteiger partial charge is 0.0800 e. The van der Waals surface area contributed by atoms with Crippen LogP contribution in [-0.4, -0.2) is 9.78 Å². The van der Waals surface area contributed by atoms with Crippen LogP contribution in [0.5, 0.6) is 0 Å². The summed E-state index contributed by atoms with van der Waals surface area (Å²) >= 11 is 4.01. The van der Waals surface area contributed by atoms with Crippen molar-refractivity contribution >= 4 is 18.8 Å². The average Bonchev–Trinajstić information content (AvgIpc) is 2.25. The summed E-state index contributed by atoms with van der Waals surface area (Å²) in [6.07, 6.45) is 6.25. The van der Waals surface area contributed by atoms with E-state index >= 15 is 0 Å². The van der Waals surface area contributed by atoms with E-state index in [1.54, 1.807) is 5.41 Å². The average molecular weight is 232 g/mol. The molecular weight excluding hydrogens is 216 g/mol. The normalized spacial score (nSPS) is 11.4. The Morgan fingerprint density at radius 3 is 2.56 bits per heavy atom. The molecule has 3 heteroatoms. The second kappa shape index (κ2) is 5.12. The molecule has 0 atom stereocenters. The van der Waals surface area contributed by atoms with E-state index in [4.69, 9.17) is 0 Å². The molecule has 0 aliphatic heterocycles. The second-order valence-corrected chi connectivity index (χ2v) is 4.11. The number of thiol groups is 1. The van der Waals surface area contributed by atoms with Gasteiger partial charge >= 0.3 is 0 Å². The number of aryl methyl sites for hydroxylation is 1. The van der Waals surface area contributed by atoms with E-state index in [0.29, 0.717) is 0 Å². The van der Waals surface area contributed by atoms with E-state index in [1.165, 1.54) is 17.5 Å². The van der Waals surface area contributed by atoms with E-state index in [1.807, 2.05) is 17.1 Å². The van der Waals surface area contributed by atoms with Crippen LogP contribution in [0.25, 0.3) is 17.5 Å². The molecule has 0 saturated carbocycles. The highest BCUT2D eigenvalue weighted by Gasteiger charge is 2.02. The highest BCUT2D eigenvalue weighted by Crippen LogP contribution is 2.19. The van der Waals surface area contributed by atoms with Crippen molar-refractivity contribution in [3.05, 3.63) is 41.4 Å². The van der Waals surface area contributed by atoms with Crippen molar-refractivity contribution in [2.45, 2.75) is 19.8 Å². The minimum atomic E-state index is 1.15. The first-order valence-corrected chi connectivity index (χ1v) is 6.02. The van der Waals surface area contributed by atoms with Crippen LogP contribution in [0.2, 0.25) is 0 Å². The molecule has 0 fully saturated rings. The molecule has 0 amide bonds. The van der Waals surface area contributed by atoms with E-state index in [9.17, 15) is 0 Å². The monoisotopic (exact) mass is 232 g/mol. The third kappa shape index (κ3) is 2.42. The number of rotatable bonds is 4. The number of H-pyrrole nitrogens is 1. The molecule has 1 aromatic heterocycles. The van der Waals surface area contributed by atoms with Crippen molar-refractivity contribution in [2.24, 2.45) is 0 Å². The van der Waals surface area contributed by atoms with Crippen LogP contribution in [0.4, 0.5) is 0 Å². The van der Waals surface area contributed by atoms with Crippen molar-refractivity contribution < 1.29 is 0 Å². The van der Waals surface area contributed by atoms with Gasteiger partial charge in [0.25, 0.3) is 0 Å². The van der Waals surface area contributed by atoms with Gasteiger partial charge in [0.05, 0.1) is 11.9 Å². The molecule has 16 heavy (non-hydrogen) atoms. The summed E-state index contributed by atoms with van der Waals surface area (Å²) in [6.45, 7) is 2.20. The van der Waals surface area contributed by atoms with Gasteiger partial charge in [0, 0.05) is 11.8 Å². The molecule has 1 aromatic carbocycles. The first kappa shape index (κ1) is 11.1. The molecule has 0 radical (unpaired) electrons. The number of aromatic nitrogens is 2. The van der Waals surface area contributed by atoms with E-state index in [2.05, 4.69) is 48.9 Å². The number of nitrogens with zero attached hydrogens (tertiary/aromatic N) is 1. The van der Waals surface area contributed by atoms with Gasteiger partial charge in [-0.15, -0.1) is 12.6 Å². The van der Waals surface area contributed by atoms with Crippen LogP contribution in [0.3, 0.4) is 0 Å². The Hall–Kier alpha value is -1.35. The first-order valence-electron chi connectivity index (χ1n) is 5.50. The zero-order chi connectivity index (χ0) is 11.4. The molecule has 0 aliphatic rings. The standard InChI is InChI=1S/C13H16N2S/c1-2-3-11-4-6-12(7-5-11)13-10-15(14-13)8-9-16/h4-10,14,16H,2-3H2,1H3/b9-8-. The zero-order valence-corrected chi connectivity index (χ0v) is 10.2. The van der Waals surface area contributed by atoms with Crippen LogP contribution in [0, 0.1) is 0 Å². The third-order valence-corrected chi connectivity index (χ3v) is 2.68. The topological polar surface area (TPSA) is 20.7 Å². The number of hydrogen-bond acceptors (Lipinski definition) is 1. The minimum Gasteiger partial charge on any atom is -0.293 e. The van der Waals surface area contributed by atoms with E-state index in [-0.39, 0.29) is 0 Å². The molecule has 0 saturated heterocycles. The summed E-state index contributed by atoms with van der Waals surface area (Å²) in [5.74, 6) is 0. The Kier molecular flexibility index (Phi) is 3.57. The van der Waals surface area contributed by atoms with Crippen LogP contribution in [-0.2, 0) is 6.42 Å². The fourth-order valence-electron chi connectivity index (χ4n) is 1.70. The summed E-state index contributed by atoms with van der Waals surface area (Å²) in [5.41, 5.74) is 3.77.